The van der Waals surface area contributed by atoms with Gasteiger partial charge in [0, 0.05) is 0 Å². The highest BCUT2D eigenvalue weighted by Crippen LogP contribution is 2.37. The summed E-state index contributed by atoms with van der Waals surface area (Å²) < 4.78 is 0. The summed E-state index contributed by atoms with van der Waals surface area (Å²) in [5.41, 5.74) is 0.659. The second kappa shape index (κ2) is 4.44. The van der Waals surface area contributed by atoms with Gasteiger partial charge in [0.25, 0.3) is 0 Å². The predicted molar refractivity (Wildman–Crippen MR) is 51.3 cm³/mol. The van der Waals surface area contributed by atoms with E-state index < -0.39 is 0 Å². The highest BCUT2D eigenvalue weighted by Gasteiger charge is 2.23. The summed E-state index contributed by atoms with van der Waals surface area (Å²) in [4.78, 5) is 0. The highest BCUT2D eigenvalue weighted by atomic mass is 14.3. The van der Waals surface area contributed by atoms with Gasteiger partial charge in [0.1, 0.15) is 0 Å². The molecular formula is C11H20. The summed E-state index contributed by atoms with van der Waals surface area (Å²) in [5, 5.41) is 0. The van der Waals surface area contributed by atoms with E-state index in [2.05, 4.69) is 33.6 Å². The third kappa shape index (κ3) is 4.09. The standard InChI is InChI=1S/C9H18.C2H2/c1-8-4-6-9(2,3)7-5-8;1-2/h8H,4-7H2,1-3H3;1-2H. The molecule has 1 aliphatic carbocycles. The Hall–Kier alpha value is -0.440. The zero-order chi connectivity index (χ0) is 8.91. The van der Waals surface area contributed by atoms with Gasteiger partial charge in [0.15, 0.2) is 0 Å². The third-order valence-corrected chi connectivity index (χ3v) is 2.63. The van der Waals surface area contributed by atoms with E-state index in [4.69, 9.17) is 0 Å². The van der Waals surface area contributed by atoms with Gasteiger partial charge in [-0.2, -0.15) is 0 Å². The molecule has 0 amide bonds. The van der Waals surface area contributed by atoms with Gasteiger partial charge in [0.05, 0.1) is 0 Å². The zero-order valence-corrected chi connectivity index (χ0v) is 8.06. The molecule has 0 N–H and O–H groups in total. The van der Waals surface area contributed by atoms with Crippen molar-refractivity contribution in [2.45, 2.75) is 46.5 Å². The Balaban J connectivity index is 0.000000461. The second-order valence-electron chi connectivity index (χ2n) is 4.35. The van der Waals surface area contributed by atoms with Gasteiger partial charge in [-0.3, -0.25) is 0 Å². The molecular weight excluding hydrogens is 132 g/mol. The Morgan fingerprint density at radius 1 is 1.09 bits per heavy atom. The third-order valence-electron chi connectivity index (χ3n) is 2.63. The number of hydrogen-bond acceptors (Lipinski definition) is 0. The molecule has 0 aliphatic heterocycles. The van der Waals surface area contributed by atoms with Crippen molar-refractivity contribution in [1.29, 1.82) is 0 Å². The first-order valence-electron chi connectivity index (χ1n) is 4.43. The molecule has 64 valence electrons. The average molecular weight is 152 g/mol. The maximum Gasteiger partial charge on any atom is -0.0354 e. The van der Waals surface area contributed by atoms with E-state index in [1.54, 1.807) is 0 Å². The van der Waals surface area contributed by atoms with Crippen molar-refractivity contribution in [2.24, 2.45) is 11.3 Å². The molecule has 0 bridgehead atoms. The lowest BCUT2D eigenvalue weighted by molar-refractivity contribution is 0.201. The molecule has 0 aromatic heterocycles. The summed E-state index contributed by atoms with van der Waals surface area (Å²) in [5.74, 6) is 0.998. The number of hydrogen-bond donors (Lipinski definition) is 0. The van der Waals surface area contributed by atoms with Crippen LogP contribution in [0.25, 0.3) is 0 Å². The van der Waals surface area contributed by atoms with Crippen LogP contribution < -0.4 is 0 Å². The lowest BCUT2D eigenvalue weighted by Gasteiger charge is -2.32. The van der Waals surface area contributed by atoms with Crippen molar-refractivity contribution in [1.82, 2.24) is 0 Å². The summed E-state index contributed by atoms with van der Waals surface area (Å²) >= 11 is 0. The van der Waals surface area contributed by atoms with Crippen LogP contribution in [0.15, 0.2) is 0 Å². The molecule has 0 aromatic rings. The molecule has 0 nitrogen and oxygen atoms in total. The lowest BCUT2D eigenvalue weighted by atomic mass is 9.74. The lowest BCUT2D eigenvalue weighted by Crippen LogP contribution is -2.19. The van der Waals surface area contributed by atoms with E-state index in [1.165, 1.54) is 25.7 Å². The zero-order valence-electron chi connectivity index (χ0n) is 8.06. The first-order valence-corrected chi connectivity index (χ1v) is 4.43. The molecule has 11 heavy (non-hydrogen) atoms. The number of rotatable bonds is 0. The largest absolute Gasteiger partial charge is 0.124 e. The Labute approximate surface area is 71.4 Å². The summed E-state index contributed by atoms with van der Waals surface area (Å²) in [7, 11) is 0. The molecule has 0 aromatic carbocycles. The van der Waals surface area contributed by atoms with Gasteiger partial charge >= 0.3 is 0 Å². The quantitative estimate of drug-likeness (QED) is 0.466. The van der Waals surface area contributed by atoms with Gasteiger partial charge in [-0.1, -0.05) is 33.6 Å². The van der Waals surface area contributed by atoms with Crippen molar-refractivity contribution >= 4 is 0 Å². The van der Waals surface area contributed by atoms with Crippen LogP contribution >= 0.6 is 0 Å². The molecule has 1 saturated carbocycles. The van der Waals surface area contributed by atoms with Crippen molar-refractivity contribution < 1.29 is 0 Å². The average Bonchev–Trinajstić information content (AvgIpc) is 2.00. The van der Waals surface area contributed by atoms with Gasteiger partial charge in [-0.15, -0.1) is 12.8 Å². The Kier molecular flexibility index (Phi) is 4.26. The molecule has 0 unspecified atom stereocenters. The van der Waals surface area contributed by atoms with Crippen molar-refractivity contribution in [3.63, 3.8) is 0 Å². The molecule has 0 spiro atoms. The van der Waals surface area contributed by atoms with E-state index >= 15 is 0 Å². The minimum absolute atomic E-state index is 0.659. The fraction of sp³-hybridized carbons (Fsp3) is 0.818. The van der Waals surface area contributed by atoms with Gasteiger partial charge < -0.3 is 0 Å². The second-order valence-corrected chi connectivity index (χ2v) is 4.35. The van der Waals surface area contributed by atoms with Gasteiger partial charge in [-0.25, -0.2) is 0 Å². The summed E-state index contributed by atoms with van der Waals surface area (Å²) in [6.07, 6.45) is 13.8. The van der Waals surface area contributed by atoms with Gasteiger partial charge in [0.2, 0.25) is 0 Å². The van der Waals surface area contributed by atoms with Crippen LogP contribution in [-0.2, 0) is 0 Å². The molecule has 1 rings (SSSR count). The topological polar surface area (TPSA) is 0 Å². The van der Waals surface area contributed by atoms with Crippen LogP contribution in [0.4, 0.5) is 0 Å². The van der Waals surface area contributed by atoms with E-state index in [9.17, 15) is 0 Å². The van der Waals surface area contributed by atoms with Crippen LogP contribution in [0, 0.1) is 24.2 Å². The Morgan fingerprint density at radius 3 is 1.73 bits per heavy atom. The van der Waals surface area contributed by atoms with Gasteiger partial charge in [-0.05, 0) is 24.2 Å². The molecule has 1 fully saturated rings. The summed E-state index contributed by atoms with van der Waals surface area (Å²) in [6, 6.07) is 0. The molecule has 1 aliphatic rings. The molecule has 0 heteroatoms. The SMILES string of the molecule is C#C.CC1CCC(C)(C)CC1. The van der Waals surface area contributed by atoms with Crippen LogP contribution in [0.3, 0.4) is 0 Å². The van der Waals surface area contributed by atoms with E-state index in [0.29, 0.717) is 5.41 Å². The summed E-state index contributed by atoms with van der Waals surface area (Å²) in [6.45, 7) is 7.15. The van der Waals surface area contributed by atoms with Crippen LogP contribution in [0.2, 0.25) is 0 Å². The van der Waals surface area contributed by atoms with Crippen LogP contribution in [0.1, 0.15) is 46.5 Å². The smallest absolute Gasteiger partial charge is 0.0354 e. The van der Waals surface area contributed by atoms with E-state index in [1.807, 2.05) is 0 Å². The van der Waals surface area contributed by atoms with E-state index in [0.717, 1.165) is 5.92 Å². The Morgan fingerprint density at radius 2 is 1.45 bits per heavy atom. The molecule has 0 saturated heterocycles. The van der Waals surface area contributed by atoms with Crippen LogP contribution in [-0.4, -0.2) is 0 Å². The maximum absolute atomic E-state index is 4.00. The highest BCUT2D eigenvalue weighted by molar-refractivity contribution is 4.76. The van der Waals surface area contributed by atoms with Crippen molar-refractivity contribution in [3.8, 4) is 12.8 Å². The van der Waals surface area contributed by atoms with Crippen molar-refractivity contribution in [3.05, 3.63) is 0 Å². The minimum Gasteiger partial charge on any atom is -0.124 e. The van der Waals surface area contributed by atoms with Crippen molar-refractivity contribution in [2.75, 3.05) is 0 Å². The Bertz CT molecular complexity index is 109. The minimum atomic E-state index is 0.659. The monoisotopic (exact) mass is 152 g/mol. The normalized spacial score (nSPS) is 23.4. The molecule has 0 atom stereocenters. The maximum atomic E-state index is 4.00. The van der Waals surface area contributed by atoms with E-state index in [-0.39, 0.29) is 0 Å². The predicted octanol–water partition coefficient (Wildman–Crippen LogP) is 3.47. The molecule has 0 heterocycles. The first-order chi connectivity index (χ1) is 5.10. The molecule has 0 radical (unpaired) electrons. The fourth-order valence-electron chi connectivity index (χ4n) is 1.54. The number of terminal acetylenes is 1. The first kappa shape index (κ1) is 10.6. The van der Waals surface area contributed by atoms with Crippen LogP contribution in [0.5, 0.6) is 0 Å². The fourth-order valence-corrected chi connectivity index (χ4v) is 1.54.